The van der Waals surface area contributed by atoms with Gasteiger partial charge in [0.1, 0.15) is 17.6 Å². The molecule has 2 aliphatic rings. The fraction of sp³-hybridized carbons (Fsp3) is 0.481. The van der Waals surface area contributed by atoms with Crippen molar-refractivity contribution in [2.45, 2.75) is 58.1 Å². The number of aromatic nitrogens is 3. The number of imidazole rings is 1. The number of hydrogen-bond donors (Lipinski definition) is 1. The summed E-state index contributed by atoms with van der Waals surface area (Å²) in [7, 11) is 0. The highest BCUT2D eigenvalue weighted by atomic mass is 19.1. The Morgan fingerprint density at radius 1 is 1.19 bits per heavy atom. The van der Waals surface area contributed by atoms with E-state index < -0.39 is 11.6 Å². The van der Waals surface area contributed by atoms with E-state index in [0.29, 0.717) is 49.7 Å². The van der Waals surface area contributed by atoms with Gasteiger partial charge < -0.3 is 14.9 Å². The van der Waals surface area contributed by atoms with Gasteiger partial charge in [-0.15, -0.1) is 0 Å². The smallest absolute Gasteiger partial charge is 0.274 e. The quantitative estimate of drug-likeness (QED) is 0.569. The molecule has 2 amide bonds. The number of aliphatic hydroxyl groups is 1. The van der Waals surface area contributed by atoms with E-state index >= 15 is 0 Å². The first-order valence-corrected chi connectivity index (χ1v) is 12.6. The summed E-state index contributed by atoms with van der Waals surface area (Å²) in [4.78, 5) is 34.4. The Balaban J connectivity index is 1.37. The van der Waals surface area contributed by atoms with Gasteiger partial charge in [-0.2, -0.15) is 5.10 Å². The van der Waals surface area contributed by atoms with Gasteiger partial charge in [0.2, 0.25) is 0 Å². The normalized spacial score (nSPS) is 18.5. The van der Waals surface area contributed by atoms with Crippen LogP contribution in [0.25, 0.3) is 16.9 Å². The molecular formula is C27H32FN5O3. The molecule has 0 radical (unpaired) electrons. The van der Waals surface area contributed by atoms with E-state index in [0.717, 1.165) is 24.0 Å². The summed E-state index contributed by atoms with van der Waals surface area (Å²) >= 11 is 0. The Kier molecular flexibility index (Phi) is 6.28. The lowest BCUT2D eigenvalue weighted by Crippen LogP contribution is -2.63. The topological polar surface area (TPSA) is 91.0 Å². The Bertz CT molecular complexity index is 1300. The third-order valence-corrected chi connectivity index (χ3v) is 7.24. The van der Waals surface area contributed by atoms with Crippen molar-refractivity contribution in [2.75, 3.05) is 19.6 Å². The van der Waals surface area contributed by atoms with Gasteiger partial charge >= 0.3 is 0 Å². The molecule has 3 aromatic rings. The maximum atomic E-state index is 13.6. The third kappa shape index (κ3) is 4.72. The molecule has 1 aromatic carbocycles. The van der Waals surface area contributed by atoms with Crippen LogP contribution in [0, 0.1) is 11.7 Å². The van der Waals surface area contributed by atoms with Gasteiger partial charge in [-0.1, -0.05) is 19.8 Å². The summed E-state index contributed by atoms with van der Waals surface area (Å²) in [6, 6.07) is 8.07. The highest BCUT2D eigenvalue weighted by molar-refractivity contribution is 5.94. The van der Waals surface area contributed by atoms with Crippen molar-refractivity contribution < 1.29 is 19.1 Å². The first kappa shape index (κ1) is 24.4. The first-order chi connectivity index (χ1) is 17.2. The number of fused-ring (bicyclic) bond motifs is 1. The average Bonchev–Trinajstić information content (AvgIpc) is 3.56. The molecule has 0 unspecified atom stereocenters. The molecule has 2 aromatic heterocycles. The predicted octanol–water partition coefficient (Wildman–Crippen LogP) is 3.32. The second-order valence-corrected chi connectivity index (χ2v) is 10.5. The number of hydrogen-bond acceptors (Lipinski definition) is 5. The summed E-state index contributed by atoms with van der Waals surface area (Å²) in [5.74, 6) is -0.325. The number of amides is 2. The maximum absolute atomic E-state index is 13.6. The van der Waals surface area contributed by atoms with Crippen LogP contribution in [-0.4, -0.2) is 72.6 Å². The molecule has 190 valence electrons. The lowest BCUT2D eigenvalue weighted by Gasteiger charge is -2.47. The van der Waals surface area contributed by atoms with E-state index in [2.05, 4.69) is 10.1 Å². The predicted molar refractivity (Wildman–Crippen MR) is 133 cm³/mol. The van der Waals surface area contributed by atoms with Crippen molar-refractivity contribution in [1.29, 1.82) is 0 Å². The summed E-state index contributed by atoms with van der Waals surface area (Å²) in [5, 5.41) is 15.0. The maximum Gasteiger partial charge on any atom is 0.274 e. The van der Waals surface area contributed by atoms with Gasteiger partial charge in [0.15, 0.2) is 5.65 Å². The number of aryl methyl sites for hydroxylation is 1. The number of carbonyl (C=O) groups is 2. The van der Waals surface area contributed by atoms with Crippen molar-refractivity contribution >= 4 is 17.5 Å². The van der Waals surface area contributed by atoms with Crippen LogP contribution >= 0.6 is 0 Å². The third-order valence-electron chi connectivity index (χ3n) is 7.24. The molecule has 1 aliphatic carbocycles. The minimum Gasteiger partial charge on any atom is -0.383 e. The van der Waals surface area contributed by atoms with Crippen molar-refractivity contribution in [3.8, 4) is 11.3 Å². The number of nitrogens with zero attached hydrogens (tertiary/aromatic N) is 5. The molecule has 8 nitrogen and oxygen atoms in total. The SMILES string of the molecule is CCc1cc(-c2ccc(F)cc2)nn2cc(C(=O)N3CCN(C(=O)[C@H](O)CC4CC4)CC3(C)C)nc12. The van der Waals surface area contributed by atoms with Gasteiger partial charge in [-0.05, 0) is 68.5 Å². The minimum absolute atomic E-state index is 0.221. The van der Waals surface area contributed by atoms with E-state index in [-0.39, 0.29) is 23.3 Å². The monoisotopic (exact) mass is 493 g/mol. The highest BCUT2D eigenvalue weighted by Gasteiger charge is 2.41. The first-order valence-electron chi connectivity index (χ1n) is 12.6. The lowest BCUT2D eigenvalue weighted by atomic mass is 9.97. The molecule has 2 fully saturated rings. The number of aliphatic hydroxyl groups excluding tert-OH is 1. The van der Waals surface area contributed by atoms with Crippen molar-refractivity contribution in [1.82, 2.24) is 24.4 Å². The Labute approximate surface area is 209 Å². The lowest BCUT2D eigenvalue weighted by molar-refractivity contribution is -0.145. The zero-order valence-corrected chi connectivity index (χ0v) is 20.9. The molecule has 0 bridgehead atoms. The van der Waals surface area contributed by atoms with Crippen LogP contribution in [0.5, 0.6) is 0 Å². The Morgan fingerprint density at radius 2 is 1.92 bits per heavy atom. The molecule has 3 heterocycles. The summed E-state index contributed by atoms with van der Waals surface area (Å²) in [6.07, 6.45) is 4.04. The Morgan fingerprint density at radius 3 is 2.56 bits per heavy atom. The van der Waals surface area contributed by atoms with Gasteiger partial charge in [0.25, 0.3) is 11.8 Å². The fourth-order valence-electron chi connectivity index (χ4n) is 5.00. The second kappa shape index (κ2) is 9.28. The van der Waals surface area contributed by atoms with Crippen molar-refractivity contribution in [3.63, 3.8) is 0 Å². The van der Waals surface area contributed by atoms with E-state index in [1.165, 1.54) is 12.1 Å². The zero-order chi connectivity index (χ0) is 25.6. The highest BCUT2D eigenvalue weighted by Crippen LogP contribution is 2.34. The van der Waals surface area contributed by atoms with E-state index in [4.69, 9.17) is 0 Å². The number of benzene rings is 1. The molecule has 1 N–H and O–H groups in total. The largest absolute Gasteiger partial charge is 0.383 e. The van der Waals surface area contributed by atoms with E-state index in [1.54, 1.807) is 32.6 Å². The Hall–Kier alpha value is -3.33. The van der Waals surface area contributed by atoms with Crippen molar-refractivity contribution in [3.05, 3.63) is 53.6 Å². The number of piperazine rings is 1. The van der Waals surface area contributed by atoms with Crippen LogP contribution in [-0.2, 0) is 11.2 Å². The molecular weight excluding hydrogens is 461 g/mol. The fourth-order valence-corrected chi connectivity index (χ4v) is 5.00. The van der Waals surface area contributed by atoms with Gasteiger partial charge in [0.05, 0.1) is 17.4 Å². The standard InChI is InChI=1S/C27H32FN5O3/c1-4-18-14-21(19-7-9-20(28)10-8-19)30-33-15-22(29-24(18)33)25(35)32-12-11-31(16-27(32,2)3)26(36)23(34)13-17-5-6-17/h7-10,14-15,17,23,34H,4-6,11-13,16H2,1-3H3/t23-/m1/s1. The van der Waals surface area contributed by atoms with E-state index in [1.807, 2.05) is 26.8 Å². The van der Waals surface area contributed by atoms with Crippen LogP contribution < -0.4 is 0 Å². The van der Waals surface area contributed by atoms with Gasteiger partial charge in [0, 0.05) is 25.2 Å². The molecule has 9 heteroatoms. The second-order valence-electron chi connectivity index (χ2n) is 10.5. The molecule has 5 rings (SSSR count). The van der Waals surface area contributed by atoms with Gasteiger partial charge in [-0.3, -0.25) is 9.59 Å². The summed E-state index contributed by atoms with van der Waals surface area (Å²) in [6.45, 7) is 6.94. The summed E-state index contributed by atoms with van der Waals surface area (Å²) in [5.41, 5.74) is 2.66. The van der Waals surface area contributed by atoms with E-state index in [9.17, 15) is 19.1 Å². The van der Waals surface area contributed by atoms with Crippen LogP contribution in [0.3, 0.4) is 0 Å². The van der Waals surface area contributed by atoms with Crippen LogP contribution in [0.4, 0.5) is 4.39 Å². The van der Waals surface area contributed by atoms with Crippen molar-refractivity contribution in [2.24, 2.45) is 5.92 Å². The van der Waals surface area contributed by atoms with Crippen LogP contribution in [0.15, 0.2) is 36.5 Å². The van der Waals surface area contributed by atoms with Crippen LogP contribution in [0.1, 0.15) is 56.1 Å². The van der Waals surface area contributed by atoms with Crippen LogP contribution in [0.2, 0.25) is 0 Å². The molecule has 1 aliphatic heterocycles. The number of carbonyl (C=O) groups excluding carboxylic acids is 2. The van der Waals surface area contributed by atoms with Gasteiger partial charge in [-0.25, -0.2) is 13.9 Å². The molecule has 0 spiro atoms. The molecule has 1 saturated heterocycles. The zero-order valence-electron chi connectivity index (χ0n) is 20.9. The number of halogens is 1. The molecule has 1 atom stereocenters. The summed E-state index contributed by atoms with van der Waals surface area (Å²) < 4.78 is 15.0. The number of rotatable bonds is 6. The minimum atomic E-state index is -0.970. The average molecular weight is 494 g/mol. The molecule has 1 saturated carbocycles. The molecule has 36 heavy (non-hydrogen) atoms.